The quantitative estimate of drug-likeness (QED) is 0.809. The van der Waals surface area contributed by atoms with E-state index in [9.17, 15) is 0 Å². The number of piperidine rings is 1. The second-order valence-electron chi connectivity index (χ2n) is 7.44. The lowest BCUT2D eigenvalue weighted by molar-refractivity contribution is 0.103. The van der Waals surface area contributed by atoms with Crippen molar-refractivity contribution in [1.29, 1.82) is 0 Å². The summed E-state index contributed by atoms with van der Waals surface area (Å²) >= 11 is 0. The Hall–Kier alpha value is -0.0800. The van der Waals surface area contributed by atoms with E-state index >= 15 is 0 Å². The third kappa shape index (κ3) is 3.96. The zero-order chi connectivity index (χ0) is 13.2. The molecule has 1 aliphatic heterocycles. The highest BCUT2D eigenvalue weighted by Gasteiger charge is 2.34. The van der Waals surface area contributed by atoms with Crippen LogP contribution < -0.4 is 5.32 Å². The molecular weight excluding hydrogens is 220 g/mol. The first-order valence-corrected chi connectivity index (χ1v) is 7.96. The second-order valence-corrected chi connectivity index (χ2v) is 7.44. The van der Waals surface area contributed by atoms with Crippen molar-refractivity contribution in [2.24, 2.45) is 17.3 Å². The van der Waals surface area contributed by atoms with Crippen LogP contribution in [0.25, 0.3) is 0 Å². The summed E-state index contributed by atoms with van der Waals surface area (Å²) in [6.07, 6.45) is 5.70. The van der Waals surface area contributed by atoms with Crippen molar-refractivity contribution in [1.82, 2.24) is 10.2 Å². The first kappa shape index (κ1) is 14.3. The molecule has 1 saturated heterocycles. The summed E-state index contributed by atoms with van der Waals surface area (Å²) in [4.78, 5) is 2.70. The molecule has 1 atom stereocenters. The van der Waals surface area contributed by atoms with Crippen molar-refractivity contribution >= 4 is 0 Å². The van der Waals surface area contributed by atoms with Crippen LogP contribution >= 0.6 is 0 Å². The lowest BCUT2D eigenvalue weighted by atomic mass is 9.75. The molecule has 0 aromatic rings. The fourth-order valence-electron chi connectivity index (χ4n) is 3.40. The van der Waals surface area contributed by atoms with Crippen molar-refractivity contribution in [3.63, 3.8) is 0 Å². The molecule has 2 heteroatoms. The van der Waals surface area contributed by atoms with Crippen LogP contribution in [0.15, 0.2) is 0 Å². The van der Waals surface area contributed by atoms with E-state index in [0.717, 1.165) is 24.4 Å². The smallest absolute Gasteiger partial charge is 0.0223 e. The van der Waals surface area contributed by atoms with Gasteiger partial charge in [0.1, 0.15) is 0 Å². The Kier molecular flexibility index (Phi) is 4.71. The summed E-state index contributed by atoms with van der Waals surface area (Å²) in [6.45, 7) is 14.5. The predicted octanol–water partition coefficient (Wildman–Crippen LogP) is 3.13. The van der Waals surface area contributed by atoms with Gasteiger partial charge in [0.15, 0.2) is 0 Å². The van der Waals surface area contributed by atoms with E-state index in [4.69, 9.17) is 0 Å². The minimum Gasteiger partial charge on any atom is -0.313 e. The van der Waals surface area contributed by atoms with Crippen LogP contribution in [-0.4, -0.2) is 37.1 Å². The first-order chi connectivity index (χ1) is 8.50. The molecule has 0 spiro atoms. The molecule has 1 N–H and O–H groups in total. The number of likely N-dealkylation sites (N-methyl/N-ethyl adjacent to an activating group) is 1. The van der Waals surface area contributed by atoms with Gasteiger partial charge in [-0.25, -0.2) is 0 Å². The summed E-state index contributed by atoms with van der Waals surface area (Å²) in [5, 5.41) is 3.69. The predicted molar refractivity (Wildman–Crippen MR) is 78.8 cm³/mol. The molecule has 106 valence electrons. The van der Waals surface area contributed by atoms with E-state index in [1.54, 1.807) is 0 Å². The molecule has 0 amide bonds. The zero-order valence-corrected chi connectivity index (χ0v) is 12.8. The van der Waals surface area contributed by atoms with E-state index in [1.807, 2.05) is 0 Å². The van der Waals surface area contributed by atoms with Gasteiger partial charge >= 0.3 is 0 Å². The molecule has 0 radical (unpaired) electrons. The van der Waals surface area contributed by atoms with Gasteiger partial charge in [-0.1, -0.05) is 27.7 Å². The van der Waals surface area contributed by atoms with E-state index in [2.05, 4.69) is 37.9 Å². The summed E-state index contributed by atoms with van der Waals surface area (Å²) in [7, 11) is 0. The highest BCUT2D eigenvalue weighted by atomic mass is 15.2. The molecule has 2 fully saturated rings. The maximum Gasteiger partial charge on any atom is 0.0223 e. The third-order valence-corrected chi connectivity index (χ3v) is 4.92. The van der Waals surface area contributed by atoms with Crippen LogP contribution in [0.3, 0.4) is 0 Å². The molecule has 1 saturated carbocycles. The van der Waals surface area contributed by atoms with Gasteiger partial charge < -0.3 is 10.2 Å². The average Bonchev–Trinajstić information content (AvgIpc) is 3.12. The summed E-state index contributed by atoms with van der Waals surface area (Å²) < 4.78 is 0. The molecule has 2 aliphatic rings. The van der Waals surface area contributed by atoms with Gasteiger partial charge in [-0.3, -0.25) is 0 Å². The SMILES string of the molecule is CCNC(CN1CCC(C(C)(C)C)CC1)C1CC1. The van der Waals surface area contributed by atoms with Crippen molar-refractivity contribution in [3.05, 3.63) is 0 Å². The highest BCUT2D eigenvalue weighted by Crippen LogP contribution is 2.36. The third-order valence-electron chi connectivity index (χ3n) is 4.92. The Morgan fingerprint density at radius 2 is 1.72 bits per heavy atom. The minimum absolute atomic E-state index is 0.504. The topological polar surface area (TPSA) is 15.3 Å². The molecule has 0 aromatic carbocycles. The number of hydrogen-bond donors (Lipinski definition) is 1. The van der Waals surface area contributed by atoms with E-state index in [1.165, 1.54) is 45.3 Å². The molecule has 0 bridgehead atoms. The maximum absolute atomic E-state index is 3.69. The number of likely N-dealkylation sites (tertiary alicyclic amines) is 1. The van der Waals surface area contributed by atoms with Crippen LogP contribution in [0.5, 0.6) is 0 Å². The van der Waals surface area contributed by atoms with E-state index in [-0.39, 0.29) is 0 Å². The van der Waals surface area contributed by atoms with Crippen LogP contribution in [-0.2, 0) is 0 Å². The summed E-state index contributed by atoms with van der Waals surface area (Å²) in [6, 6.07) is 0.765. The molecule has 2 nitrogen and oxygen atoms in total. The Morgan fingerprint density at radius 3 is 2.17 bits per heavy atom. The first-order valence-electron chi connectivity index (χ1n) is 7.96. The summed E-state index contributed by atoms with van der Waals surface area (Å²) in [5.41, 5.74) is 0.504. The molecule has 1 aliphatic carbocycles. The van der Waals surface area contributed by atoms with Crippen molar-refractivity contribution in [2.75, 3.05) is 26.2 Å². The monoisotopic (exact) mass is 252 g/mol. The summed E-state index contributed by atoms with van der Waals surface area (Å²) in [5.74, 6) is 1.90. The Labute approximate surface area is 114 Å². The molecule has 18 heavy (non-hydrogen) atoms. The van der Waals surface area contributed by atoms with E-state index < -0.39 is 0 Å². The standard InChI is InChI=1S/C16H32N2/c1-5-17-15(13-6-7-13)12-18-10-8-14(9-11-18)16(2,3)4/h13-15,17H,5-12H2,1-4H3. The number of hydrogen-bond acceptors (Lipinski definition) is 2. The number of nitrogens with one attached hydrogen (secondary N) is 1. The lowest BCUT2D eigenvalue weighted by Crippen LogP contribution is -2.46. The normalized spacial score (nSPS) is 25.3. The van der Waals surface area contributed by atoms with Crippen LogP contribution in [0.4, 0.5) is 0 Å². The van der Waals surface area contributed by atoms with Crippen LogP contribution in [0.2, 0.25) is 0 Å². The molecule has 2 rings (SSSR count). The minimum atomic E-state index is 0.504. The fraction of sp³-hybridized carbons (Fsp3) is 1.00. The second kappa shape index (κ2) is 5.92. The van der Waals surface area contributed by atoms with Gasteiger partial charge in [-0.05, 0) is 62.6 Å². The largest absolute Gasteiger partial charge is 0.313 e. The Bertz CT molecular complexity index is 244. The van der Waals surface area contributed by atoms with Gasteiger partial charge in [-0.15, -0.1) is 0 Å². The van der Waals surface area contributed by atoms with Crippen molar-refractivity contribution in [3.8, 4) is 0 Å². The van der Waals surface area contributed by atoms with Gasteiger partial charge in [0.2, 0.25) is 0 Å². The van der Waals surface area contributed by atoms with Gasteiger partial charge in [0.05, 0.1) is 0 Å². The molecule has 0 aromatic heterocycles. The van der Waals surface area contributed by atoms with Crippen LogP contribution in [0.1, 0.15) is 53.4 Å². The average molecular weight is 252 g/mol. The molecule has 1 unspecified atom stereocenters. The molecule has 1 heterocycles. The Morgan fingerprint density at radius 1 is 1.11 bits per heavy atom. The maximum atomic E-state index is 3.69. The van der Waals surface area contributed by atoms with Gasteiger partial charge in [0, 0.05) is 12.6 Å². The number of nitrogens with zero attached hydrogens (tertiary/aromatic N) is 1. The zero-order valence-electron chi connectivity index (χ0n) is 12.8. The highest BCUT2D eigenvalue weighted by molar-refractivity contribution is 4.90. The lowest BCUT2D eigenvalue weighted by Gasteiger charge is -2.40. The van der Waals surface area contributed by atoms with E-state index in [0.29, 0.717) is 5.41 Å². The van der Waals surface area contributed by atoms with Gasteiger partial charge in [-0.2, -0.15) is 0 Å². The molecular formula is C16H32N2. The van der Waals surface area contributed by atoms with Gasteiger partial charge in [0.25, 0.3) is 0 Å². The fourth-order valence-corrected chi connectivity index (χ4v) is 3.40. The van der Waals surface area contributed by atoms with Crippen molar-refractivity contribution in [2.45, 2.75) is 59.4 Å². The number of rotatable bonds is 5. The van der Waals surface area contributed by atoms with Crippen molar-refractivity contribution < 1.29 is 0 Å². The Balaban J connectivity index is 1.75. The van der Waals surface area contributed by atoms with Crippen LogP contribution in [0, 0.1) is 17.3 Å².